The minimum atomic E-state index is -0.760. The Morgan fingerprint density at radius 1 is 1.50 bits per heavy atom. The standard InChI is InChI=1S/C10H17NO3/c1-6(12)11-8-4-7(5-9(13)14)10(8,2)3/h7-8H,4-5H2,1-3H3,(H,11,12)(H,13,14)/t7-,8-/m1/s1. The van der Waals surface area contributed by atoms with E-state index < -0.39 is 5.97 Å². The van der Waals surface area contributed by atoms with Crippen molar-refractivity contribution in [2.24, 2.45) is 11.3 Å². The van der Waals surface area contributed by atoms with Crippen LogP contribution in [0.2, 0.25) is 0 Å². The molecule has 0 heterocycles. The van der Waals surface area contributed by atoms with Crippen LogP contribution in [0.3, 0.4) is 0 Å². The Morgan fingerprint density at radius 3 is 2.43 bits per heavy atom. The maximum Gasteiger partial charge on any atom is 0.303 e. The minimum Gasteiger partial charge on any atom is -0.481 e. The predicted molar refractivity (Wildman–Crippen MR) is 51.7 cm³/mol. The average molecular weight is 199 g/mol. The zero-order chi connectivity index (χ0) is 10.9. The number of carboxylic acid groups (broad SMARTS) is 1. The van der Waals surface area contributed by atoms with E-state index in [9.17, 15) is 9.59 Å². The lowest BCUT2D eigenvalue weighted by Gasteiger charge is -2.51. The first-order chi connectivity index (χ1) is 6.34. The Hall–Kier alpha value is -1.06. The van der Waals surface area contributed by atoms with E-state index >= 15 is 0 Å². The van der Waals surface area contributed by atoms with Crippen LogP contribution in [0.5, 0.6) is 0 Å². The molecule has 4 nitrogen and oxygen atoms in total. The number of rotatable bonds is 3. The Kier molecular flexibility index (Phi) is 2.83. The van der Waals surface area contributed by atoms with Crippen LogP contribution in [-0.4, -0.2) is 23.0 Å². The molecule has 0 aromatic heterocycles. The number of hydrogen-bond donors (Lipinski definition) is 2. The molecule has 0 saturated heterocycles. The SMILES string of the molecule is CC(=O)N[C@@H]1C[C@H](CC(=O)O)C1(C)C. The summed E-state index contributed by atoms with van der Waals surface area (Å²) in [6.45, 7) is 5.50. The smallest absolute Gasteiger partial charge is 0.303 e. The molecule has 0 unspecified atom stereocenters. The van der Waals surface area contributed by atoms with Crippen molar-refractivity contribution in [3.63, 3.8) is 0 Å². The van der Waals surface area contributed by atoms with Crippen LogP contribution in [0, 0.1) is 11.3 Å². The van der Waals surface area contributed by atoms with Crippen molar-refractivity contribution >= 4 is 11.9 Å². The fourth-order valence-electron chi connectivity index (χ4n) is 2.06. The topological polar surface area (TPSA) is 66.4 Å². The molecule has 0 radical (unpaired) electrons. The molecule has 0 aromatic carbocycles. The van der Waals surface area contributed by atoms with E-state index in [1.165, 1.54) is 6.92 Å². The van der Waals surface area contributed by atoms with Crippen LogP contribution in [0.15, 0.2) is 0 Å². The summed E-state index contributed by atoms with van der Waals surface area (Å²) in [6, 6.07) is 0.129. The Labute approximate surface area is 83.7 Å². The summed E-state index contributed by atoms with van der Waals surface area (Å²) in [5, 5.41) is 11.5. The third kappa shape index (κ3) is 2.05. The molecule has 1 aliphatic rings. The number of hydrogen-bond acceptors (Lipinski definition) is 2. The van der Waals surface area contributed by atoms with Crippen molar-refractivity contribution in [3.05, 3.63) is 0 Å². The lowest BCUT2D eigenvalue weighted by molar-refractivity contribution is -0.142. The number of carbonyl (C=O) groups excluding carboxylic acids is 1. The molecule has 2 N–H and O–H groups in total. The van der Waals surface area contributed by atoms with E-state index in [0.717, 1.165) is 6.42 Å². The van der Waals surface area contributed by atoms with Crippen LogP contribution < -0.4 is 5.32 Å². The second-order valence-electron chi connectivity index (χ2n) is 4.60. The summed E-state index contributed by atoms with van der Waals surface area (Å²) < 4.78 is 0. The molecule has 4 heteroatoms. The van der Waals surface area contributed by atoms with Gasteiger partial charge in [-0.2, -0.15) is 0 Å². The first-order valence-corrected chi connectivity index (χ1v) is 4.83. The van der Waals surface area contributed by atoms with Gasteiger partial charge in [-0.3, -0.25) is 9.59 Å². The largest absolute Gasteiger partial charge is 0.481 e. The molecule has 0 bridgehead atoms. The average Bonchev–Trinajstić information content (AvgIpc) is 2.01. The van der Waals surface area contributed by atoms with Gasteiger partial charge in [-0.1, -0.05) is 13.8 Å². The fourth-order valence-corrected chi connectivity index (χ4v) is 2.06. The van der Waals surface area contributed by atoms with Crippen molar-refractivity contribution in [1.29, 1.82) is 0 Å². The number of carboxylic acids is 1. The first kappa shape index (κ1) is 11.0. The molecule has 1 amide bonds. The molecule has 80 valence electrons. The number of nitrogens with one attached hydrogen (secondary N) is 1. The van der Waals surface area contributed by atoms with E-state index in [0.29, 0.717) is 0 Å². The van der Waals surface area contributed by atoms with Gasteiger partial charge in [0.05, 0.1) is 0 Å². The van der Waals surface area contributed by atoms with Gasteiger partial charge in [-0.15, -0.1) is 0 Å². The molecule has 0 aliphatic heterocycles. The molecular formula is C10H17NO3. The molecule has 0 aromatic rings. The minimum absolute atomic E-state index is 0.0446. The number of carbonyl (C=O) groups is 2. The van der Waals surface area contributed by atoms with Crippen LogP contribution in [0.1, 0.15) is 33.6 Å². The highest BCUT2D eigenvalue weighted by Gasteiger charge is 2.48. The van der Waals surface area contributed by atoms with Crippen LogP contribution >= 0.6 is 0 Å². The molecule has 1 fully saturated rings. The van der Waals surface area contributed by atoms with E-state index in [-0.39, 0.29) is 29.7 Å². The highest BCUT2D eigenvalue weighted by molar-refractivity contribution is 5.73. The van der Waals surface area contributed by atoms with Gasteiger partial charge >= 0.3 is 5.97 Å². The van der Waals surface area contributed by atoms with Gasteiger partial charge < -0.3 is 10.4 Å². The van der Waals surface area contributed by atoms with Crippen LogP contribution in [0.25, 0.3) is 0 Å². The van der Waals surface area contributed by atoms with Crippen molar-refractivity contribution < 1.29 is 14.7 Å². The maximum atomic E-state index is 10.8. The van der Waals surface area contributed by atoms with Gasteiger partial charge in [0.25, 0.3) is 0 Å². The highest BCUT2D eigenvalue weighted by Crippen LogP contribution is 2.47. The van der Waals surface area contributed by atoms with Gasteiger partial charge in [0.1, 0.15) is 0 Å². The summed E-state index contributed by atoms with van der Waals surface area (Å²) in [5.41, 5.74) is -0.0932. The lowest BCUT2D eigenvalue weighted by Crippen LogP contribution is -2.58. The molecule has 1 aliphatic carbocycles. The normalized spacial score (nSPS) is 29.1. The van der Waals surface area contributed by atoms with E-state index in [1.807, 2.05) is 13.8 Å². The summed E-state index contributed by atoms with van der Waals surface area (Å²) in [7, 11) is 0. The zero-order valence-corrected chi connectivity index (χ0v) is 8.83. The van der Waals surface area contributed by atoms with E-state index in [1.54, 1.807) is 0 Å². The Morgan fingerprint density at radius 2 is 2.07 bits per heavy atom. The number of aliphatic carboxylic acids is 1. The zero-order valence-electron chi connectivity index (χ0n) is 8.83. The lowest BCUT2D eigenvalue weighted by atomic mass is 9.57. The number of amides is 1. The molecule has 14 heavy (non-hydrogen) atoms. The molecule has 0 spiro atoms. The first-order valence-electron chi connectivity index (χ1n) is 4.83. The van der Waals surface area contributed by atoms with Crippen molar-refractivity contribution in [3.8, 4) is 0 Å². The maximum absolute atomic E-state index is 10.8. The van der Waals surface area contributed by atoms with Gasteiger partial charge in [-0.25, -0.2) is 0 Å². The monoisotopic (exact) mass is 199 g/mol. The van der Waals surface area contributed by atoms with Gasteiger partial charge in [0, 0.05) is 19.4 Å². The molecule has 1 saturated carbocycles. The van der Waals surface area contributed by atoms with E-state index in [4.69, 9.17) is 5.11 Å². The summed E-state index contributed by atoms with van der Waals surface area (Å²) in [4.78, 5) is 21.4. The second-order valence-corrected chi connectivity index (χ2v) is 4.60. The van der Waals surface area contributed by atoms with Gasteiger partial charge in [0.2, 0.25) is 5.91 Å². The summed E-state index contributed by atoms with van der Waals surface area (Å²) in [6.07, 6.45) is 0.974. The van der Waals surface area contributed by atoms with Crippen molar-refractivity contribution in [2.75, 3.05) is 0 Å². The Balaban J connectivity index is 2.50. The highest BCUT2D eigenvalue weighted by atomic mass is 16.4. The predicted octanol–water partition coefficient (Wildman–Crippen LogP) is 1.01. The van der Waals surface area contributed by atoms with Crippen molar-refractivity contribution in [1.82, 2.24) is 5.32 Å². The van der Waals surface area contributed by atoms with Crippen molar-refractivity contribution in [2.45, 2.75) is 39.7 Å². The fraction of sp³-hybridized carbons (Fsp3) is 0.800. The Bertz CT molecular complexity index is 236. The molecule has 2 atom stereocenters. The van der Waals surface area contributed by atoms with Crippen LogP contribution in [0.4, 0.5) is 0 Å². The van der Waals surface area contributed by atoms with Gasteiger partial charge in [0.15, 0.2) is 0 Å². The summed E-state index contributed by atoms with van der Waals surface area (Å²) in [5.74, 6) is -0.627. The molecular weight excluding hydrogens is 182 g/mol. The molecule has 1 rings (SSSR count). The third-order valence-electron chi connectivity index (χ3n) is 3.27. The summed E-state index contributed by atoms with van der Waals surface area (Å²) >= 11 is 0. The second kappa shape index (κ2) is 3.59. The third-order valence-corrected chi connectivity index (χ3v) is 3.27. The quantitative estimate of drug-likeness (QED) is 0.713. The van der Waals surface area contributed by atoms with Gasteiger partial charge in [-0.05, 0) is 17.8 Å². The van der Waals surface area contributed by atoms with E-state index in [2.05, 4.69) is 5.32 Å². The van der Waals surface area contributed by atoms with Crippen LogP contribution in [-0.2, 0) is 9.59 Å².